The summed E-state index contributed by atoms with van der Waals surface area (Å²) in [6.45, 7) is 10.2. The van der Waals surface area contributed by atoms with Crippen LogP contribution in [0.15, 0.2) is 18.2 Å². The molecule has 0 spiro atoms. The third kappa shape index (κ3) is 5.11. The Morgan fingerprint density at radius 1 is 1.28 bits per heavy atom. The van der Waals surface area contributed by atoms with E-state index in [1.54, 1.807) is 7.11 Å². The summed E-state index contributed by atoms with van der Waals surface area (Å²) in [5, 5.41) is 3.25. The number of amides is 1. The summed E-state index contributed by atoms with van der Waals surface area (Å²) in [7, 11) is 1.65. The lowest BCUT2D eigenvalue weighted by molar-refractivity contribution is -0.138. The maximum atomic E-state index is 12.9. The van der Waals surface area contributed by atoms with Gasteiger partial charge in [0, 0.05) is 19.0 Å². The van der Waals surface area contributed by atoms with E-state index < -0.39 is 0 Å². The van der Waals surface area contributed by atoms with Gasteiger partial charge in [0.2, 0.25) is 5.91 Å². The molecule has 1 atom stereocenters. The minimum Gasteiger partial charge on any atom is -0.493 e. The number of hydrogen-bond donors (Lipinski definition) is 1. The molecule has 25 heavy (non-hydrogen) atoms. The van der Waals surface area contributed by atoms with E-state index >= 15 is 0 Å². The maximum Gasteiger partial charge on any atom is 0.226 e. The molecule has 1 amide bonds. The highest BCUT2D eigenvalue weighted by molar-refractivity contribution is 5.79. The van der Waals surface area contributed by atoms with E-state index in [-0.39, 0.29) is 11.8 Å². The minimum absolute atomic E-state index is 0.0712. The number of carbonyl (C=O) groups is 1. The van der Waals surface area contributed by atoms with Crippen molar-refractivity contribution in [2.45, 2.75) is 40.2 Å². The van der Waals surface area contributed by atoms with Crippen molar-refractivity contribution in [3.8, 4) is 11.5 Å². The first-order valence-corrected chi connectivity index (χ1v) is 9.39. The van der Waals surface area contributed by atoms with Crippen LogP contribution in [0.4, 0.5) is 0 Å². The predicted molar refractivity (Wildman–Crippen MR) is 100 cm³/mol. The van der Waals surface area contributed by atoms with Gasteiger partial charge in [-0.3, -0.25) is 4.79 Å². The summed E-state index contributed by atoms with van der Waals surface area (Å²) in [6.07, 6.45) is 1.91. The Bertz CT molecular complexity index is 558. The monoisotopic (exact) mass is 348 g/mol. The van der Waals surface area contributed by atoms with Gasteiger partial charge in [-0.05, 0) is 49.5 Å². The van der Waals surface area contributed by atoms with Crippen molar-refractivity contribution in [1.82, 2.24) is 10.2 Å². The van der Waals surface area contributed by atoms with Gasteiger partial charge in [-0.2, -0.15) is 0 Å². The van der Waals surface area contributed by atoms with Crippen molar-refractivity contribution in [2.24, 2.45) is 11.8 Å². The first kappa shape index (κ1) is 19.6. The highest BCUT2D eigenvalue weighted by atomic mass is 16.5. The topological polar surface area (TPSA) is 50.8 Å². The van der Waals surface area contributed by atoms with Crippen molar-refractivity contribution in [2.75, 3.05) is 33.4 Å². The van der Waals surface area contributed by atoms with Crippen LogP contribution in [0.3, 0.4) is 0 Å². The fourth-order valence-electron chi connectivity index (χ4n) is 3.05. The van der Waals surface area contributed by atoms with E-state index in [4.69, 9.17) is 9.47 Å². The van der Waals surface area contributed by atoms with E-state index in [2.05, 4.69) is 26.1 Å². The summed E-state index contributed by atoms with van der Waals surface area (Å²) in [6, 6.07) is 5.95. The van der Waals surface area contributed by atoms with Crippen molar-refractivity contribution in [3.63, 3.8) is 0 Å². The fourth-order valence-corrected chi connectivity index (χ4v) is 3.05. The molecule has 1 N–H and O–H groups in total. The first-order chi connectivity index (χ1) is 12.1. The molecule has 0 bridgehead atoms. The van der Waals surface area contributed by atoms with Crippen LogP contribution in [-0.4, -0.2) is 44.2 Å². The molecule has 5 heteroatoms. The summed E-state index contributed by atoms with van der Waals surface area (Å²) < 4.78 is 11.2. The zero-order chi connectivity index (χ0) is 18.2. The number of carbonyl (C=O) groups excluding carboxylic acids is 1. The summed E-state index contributed by atoms with van der Waals surface area (Å²) in [4.78, 5) is 14.9. The SMILES string of the molecule is CCCOc1ccc(CN(CCC)C(=O)C(C)C2CNC2)cc1OC. The number of benzene rings is 1. The van der Waals surface area contributed by atoms with E-state index in [1.807, 2.05) is 23.1 Å². The van der Waals surface area contributed by atoms with Gasteiger partial charge in [0.05, 0.1) is 13.7 Å². The molecule has 0 saturated carbocycles. The maximum absolute atomic E-state index is 12.9. The highest BCUT2D eigenvalue weighted by Crippen LogP contribution is 2.29. The molecule has 1 aliphatic heterocycles. The van der Waals surface area contributed by atoms with Gasteiger partial charge in [-0.15, -0.1) is 0 Å². The van der Waals surface area contributed by atoms with Crippen LogP contribution in [0.25, 0.3) is 0 Å². The second kappa shape index (κ2) is 9.66. The van der Waals surface area contributed by atoms with Crippen LogP contribution in [0.5, 0.6) is 11.5 Å². The van der Waals surface area contributed by atoms with E-state index in [0.29, 0.717) is 19.1 Å². The third-order valence-electron chi connectivity index (χ3n) is 4.78. The highest BCUT2D eigenvalue weighted by Gasteiger charge is 2.31. The molecule has 1 aliphatic rings. The number of nitrogens with one attached hydrogen (secondary N) is 1. The van der Waals surface area contributed by atoms with Gasteiger partial charge < -0.3 is 19.7 Å². The van der Waals surface area contributed by atoms with Crippen LogP contribution in [0, 0.1) is 11.8 Å². The van der Waals surface area contributed by atoms with Gasteiger partial charge in [0.25, 0.3) is 0 Å². The Morgan fingerprint density at radius 3 is 2.60 bits per heavy atom. The molecular weight excluding hydrogens is 316 g/mol. The molecule has 1 unspecified atom stereocenters. The van der Waals surface area contributed by atoms with Crippen molar-refractivity contribution in [3.05, 3.63) is 23.8 Å². The number of nitrogens with zero attached hydrogens (tertiary/aromatic N) is 1. The molecule has 5 nitrogen and oxygen atoms in total. The Kier molecular flexibility index (Phi) is 7.56. The number of rotatable bonds is 10. The molecule has 1 aromatic rings. The quantitative estimate of drug-likeness (QED) is 0.706. The molecule has 1 heterocycles. The van der Waals surface area contributed by atoms with Crippen LogP contribution in [0.1, 0.15) is 39.2 Å². The molecule has 0 aromatic heterocycles. The van der Waals surface area contributed by atoms with Crippen LogP contribution >= 0.6 is 0 Å². The van der Waals surface area contributed by atoms with E-state index in [1.165, 1.54) is 0 Å². The molecule has 0 aliphatic carbocycles. The minimum atomic E-state index is 0.0712. The van der Waals surface area contributed by atoms with E-state index in [9.17, 15) is 4.79 Å². The van der Waals surface area contributed by atoms with Gasteiger partial charge in [-0.25, -0.2) is 0 Å². The Hall–Kier alpha value is -1.75. The molecule has 140 valence electrons. The van der Waals surface area contributed by atoms with Crippen molar-refractivity contribution < 1.29 is 14.3 Å². The largest absolute Gasteiger partial charge is 0.493 e. The smallest absolute Gasteiger partial charge is 0.226 e. The lowest BCUT2D eigenvalue weighted by Crippen LogP contribution is -2.50. The van der Waals surface area contributed by atoms with E-state index in [0.717, 1.165) is 49.5 Å². The fraction of sp³-hybridized carbons (Fsp3) is 0.650. The zero-order valence-electron chi connectivity index (χ0n) is 16.0. The number of ether oxygens (including phenoxy) is 2. The van der Waals surface area contributed by atoms with Crippen molar-refractivity contribution >= 4 is 5.91 Å². The predicted octanol–water partition coefficient (Wildman–Crippen LogP) is 3.08. The summed E-state index contributed by atoms with van der Waals surface area (Å²) >= 11 is 0. The van der Waals surface area contributed by atoms with Gasteiger partial charge in [-0.1, -0.05) is 26.8 Å². The Labute approximate surface area is 151 Å². The first-order valence-electron chi connectivity index (χ1n) is 9.39. The number of methoxy groups -OCH3 is 1. The second-order valence-corrected chi connectivity index (χ2v) is 6.80. The molecule has 1 fully saturated rings. The average Bonchev–Trinajstić information content (AvgIpc) is 2.57. The van der Waals surface area contributed by atoms with Crippen LogP contribution in [0.2, 0.25) is 0 Å². The van der Waals surface area contributed by atoms with Gasteiger partial charge in [0.15, 0.2) is 11.5 Å². The summed E-state index contributed by atoms with van der Waals surface area (Å²) in [5.41, 5.74) is 1.07. The van der Waals surface area contributed by atoms with Crippen LogP contribution in [-0.2, 0) is 11.3 Å². The molecular formula is C20H32N2O3. The van der Waals surface area contributed by atoms with Gasteiger partial charge >= 0.3 is 0 Å². The zero-order valence-corrected chi connectivity index (χ0v) is 16.0. The second-order valence-electron chi connectivity index (χ2n) is 6.80. The molecule has 2 rings (SSSR count). The molecule has 1 saturated heterocycles. The normalized spacial score (nSPS) is 15.4. The third-order valence-corrected chi connectivity index (χ3v) is 4.78. The van der Waals surface area contributed by atoms with Crippen molar-refractivity contribution in [1.29, 1.82) is 0 Å². The lowest BCUT2D eigenvalue weighted by atomic mass is 9.88. The molecule has 1 aromatic carbocycles. The Morgan fingerprint density at radius 2 is 2.04 bits per heavy atom. The summed E-state index contributed by atoms with van der Waals surface area (Å²) in [5.74, 6) is 2.27. The average molecular weight is 348 g/mol. The Balaban J connectivity index is 2.08. The van der Waals surface area contributed by atoms with Crippen LogP contribution < -0.4 is 14.8 Å². The molecule has 0 radical (unpaired) electrons. The van der Waals surface area contributed by atoms with Gasteiger partial charge in [0.1, 0.15) is 0 Å². The standard InChI is InChI=1S/C20H32N2O3/c1-5-9-22(20(23)15(3)17-12-21-13-17)14-16-7-8-18(25-10-6-2)19(11-16)24-4/h7-8,11,15,17,21H,5-6,9-10,12-14H2,1-4H3. The lowest BCUT2D eigenvalue weighted by Gasteiger charge is -2.35. The number of hydrogen-bond acceptors (Lipinski definition) is 4.